The molecule has 0 aromatic carbocycles. The average molecular weight is 482 g/mol. The van der Waals surface area contributed by atoms with E-state index >= 15 is 0 Å². The van der Waals surface area contributed by atoms with Crippen LogP contribution in [0.1, 0.15) is 0 Å². The van der Waals surface area contributed by atoms with Gasteiger partial charge in [0.2, 0.25) is 6.17 Å². The van der Waals surface area contributed by atoms with Gasteiger partial charge in [0.15, 0.2) is 0 Å². The van der Waals surface area contributed by atoms with E-state index in [0.29, 0.717) is 0 Å². The third kappa shape index (κ3) is 3.34. The van der Waals surface area contributed by atoms with Gasteiger partial charge in [0.25, 0.3) is 0 Å². The summed E-state index contributed by atoms with van der Waals surface area (Å²) >= 11 is 0. The fourth-order valence-corrected chi connectivity index (χ4v) is 2.10. The lowest BCUT2D eigenvalue weighted by atomic mass is 9.93. The highest BCUT2D eigenvalue weighted by molar-refractivity contribution is 7.87. The molecule has 0 fully saturated rings. The quantitative estimate of drug-likeness (QED) is 0.447. The minimum atomic E-state index is -8.48. The van der Waals surface area contributed by atoms with Crippen molar-refractivity contribution < 1.29 is 83.2 Å². The number of hydrogen-bond acceptors (Lipinski definition) is 2. The molecule has 0 radical (unpaired) electrons. The van der Waals surface area contributed by atoms with Crippen LogP contribution in [-0.2, 0) is 10.1 Å². The lowest BCUT2D eigenvalue weighted by Gasteiger charge is -2.40. The van der Waals surface area contributed by atoms with Crippen LogP contribution in [-0.4, -0.2) is 60.2 Å². The van der Waals surface area contributed by atoms with Crippen LogP contribution in [0.2, 0.25) is 0 Å². The van der Waals surface area contributed by atoms with Gasteiger partial charge in [0, 0.05) is 0 Å². The summed E-state index contributed by atoms with van der Waals surface area (Å²) in [5.41, 5.74) is 0. The first-order chi connectivity index (χ1) is 11.7. The molecule has 0 bridgehead atoms. The van der Waals surface area contributed by atoms with Crippen molar-refractivity contribution in [2.24, 2.45) is 0 Å². The highest BCUT2D eigenvalue weighted by atomic mass is 32.2. The number of halogens is 16. The second kappa shape index (κ2) is 6.39. The largest absolute Gasteiger partial charge is 0.460 e. The van der Waals surface area contributed by atoms with Gasteiger partial charge in [-0.25, -0.2) is 8.78 Å². The van der Waals surface area contributed by atoms with Crippen LogP contribution in [0.3, 0.4) is 0 Å². The van der Waals surface area contributed by atoms with Crippen molar-refractivity contribution >= 4 is 10.1 Å². The zero-order chi connectivity index (χ0) is 23.6. The fraction of sp³-hybridized carbons (Fsp3) is 1.00. The van der Waals surface area contributed by atoms with E-state index in [-0.39, 0.29) is 0 Å². The molecule has 0 aromatic rings. The normalized spacial score (nSPS) is 19.3. The Bertz CT molecular complexity index is 690. The Morgan fingerprint density at radius 1 is 0.571 bits per heavy atom. The number of hydrogen-bond donors (Lipinski definition) is 1. The maximum atomic E-state index is 13.3. The molecule has 3 nitrogen and oxygen atoms in total. The van der Waals surface area contributed by atoms with Crippen LogP contribution in [0.25, 0.3) is 0 Å². The van der Waals surface area contributed by atoms with Crippen molar-refractivity contribution in [1.29, 1.82) is 0 Å². The second-order valence-corrected chi connectivity index (χ2v) is 6.37. The van der Waals surface area contributed by atoms with Gasteiger partial charge in [-0.15, -0.1) is 0 Å². The Hall–Kier alpha value is -1.21. The molecule has 2 atom stereocenters. The van der Waals surface area contributed by atoms with E-state index < -0.39 is 57.3 Å². The van der Waals surface area contributed by atoms with E-state index in [0.717, 1.165) is 0 Å². The van der Waals surface area contributed by atoms with Crippen LogP contribution in [0.15, 0.2) is 0 Å². The van der Waals surface area contributed by atoms with Gasteiger partial charge in [-0.05, 0) is 0 Å². The molecule has 0 rings (SSSR count). The molecular weight excluding hydrogens is 480 g/mol. The maximum absolute atomic E-state index is 13.3. The summed E-state index contributed by atoms with van der Waals surface area (Å²) < 4.78 is 230. The van der Waals surface area contributed by atoms with Crippen molar-refractivity contribution in [3.63, 3.8) is 0 Å². The SMILES string of the molecule is O=S(=O)(O)C(F)(C(F)C(F)(F)C(F)(F)C(F)(F)C(F)(F)C(F)(F)F)C(F)(F)F. The molecule has 1 N–H and O–H groups in total. The Kier molecular flexibility index (Phi) is 6.12. The zero-order valence-electron chi connectivity index (χ0n) is 11.8. The van der Waals surface area contributed by atoms with E-state index in [9.17, 15) is 78.7 Å². The van der Waals surface area contributed by atoms with E-state index in [2.05, 4.69) is 0 Å². The van der Waals surface area contributed by atoms with Crippen LogP contribution < -0.4 is 0 Å². The molecule has 0 heterocycles. The van der Waals surface area contributed by atoms with Crippen molar-refractivity contribution in [3.8, 4) is 0 Å². The molecule has 0 saturated heterocycles. The van der Waals surface area contributed by atoms with Crippen LogP contribution in [0.5, 0.6) is 0 Å². The first-order valence-corrected chi connectivity index (χ1v) is 7.04. The molecule has 170 valence electrons. The lowest BCUT2D eigenvalue weighted by molar-refractivity contribution is -0.430. The van der Waals surface area contributed by atoms with Gasteiger partial charge in [0.05, 0.1) is 0 Å². The molecule has 0 spiro atoms. The van der Waals surface area contributed by atoms with E-state index in [1.54, 1.807) is 0 Å². The Morgan fingerprint density at radius 3 is 1.11 bits per heavy atom. The highest BCUT2D eigenvalue weighted by Gasteiger charge is 2.91. The number of alkyl halides is 16. The summed E-state index contributed by atoms with van der Waals surface area (Å²) in [5.74, 6) is -33.3. The second-order valence-electron chi connectivity index (χ2n) is 4.82. The standard InChI is InChI=1S/C8H2F16O3S/c9-1(3(12,7(19,20)21)28(25,26)27)2(10,11)4(13,14)5(15,16)6(17,18)8(22,23)24/h1H,(H,25,26,27). The van der Waals surface area contributed by atoms with Gasteiger partial charge < -0.3 is 0 Å². The molecule has 0 saturated carbocycles. The monoisotopic (exact) mass is 482 g/mol. The molecule has 0 aliphatic carbocycles. The lowest BCUT2D eigenvalue weighted by Crippen LogP contribution is -2.72. The Morgan fingerprint density at radius 2 is 0.893 bits per heavy atom. The average Bonchev–Trinajstić information content (AvgIpc) is 2.40. The maximum Gasteiger partial charge on any atom is 0.460 e. The molecule has 28 heavy (non-hydrogen) atoms. The molecule has 20 heteroatoms. The van der Waals surface area contributed by atoms with Gasteiger partial charge in [-0.2, -0.15) is 69.9 Å². The third-order valence-electron chi connectivity index (χ3n) is 2.97. The minimum Gasteiger partial charge on any atom is -0.283 e. The van der Waals surface area contributed by atoms with Crippen molar-refractivity contribution in [3.05, 3.63) is 0 Å². The Labute approximate surface area is 142 Å². The molecule has 0 aromatic heterocycles. The van der Waals surface area contributed by atoms with Crippen molar-refractivity contribution in [2.45, 2.75) is 47.2 Å². The van der Waals surface area contributed by atoms with Gasteiger partial charge in [-0.1, -0.05) is 0 Å². The molecule has 0 aliphatic heterocycles. The molecule has 0 amide bonds. The fourth-order valence-electron chi connectivity index (χ4n) is 1.40. The number of rotatable bonds is 6. The summed E-state index contributed by atoms with van der Waals surface area (Å²) in [6.45, 7) is 0. The minimum absolute atomic E-state index is 6.83. The molecule has 0 aliphatic rings. The van der Waals surface area contributed by atoms with Gasteiger partial charge >= 0.3 is 51.2 Å². The van der Waals surface area contributed by atoms with E-state index in [1.807, 2.05) is 0 Å². The smallest absolute Gasteiger partial charge is 0.283 e. The first-order valence-electron chi connectivity index (χ1n) is 5.60. The predicted molar refractivity (Wildman–Crippen MR) is 52.2 cm³/mol. The third-order valence-corrected chi connectivity index (χ3v) is 4.16. The van der Waals surface area contributed by atoms with Crippen LogP contribution >= 0.6 is 0 Å². The Balaban J connectivity index is 6.81. The van der Waals surface area contributed by atoms with Crippen molar-refractivity contribution in [1.82, 2.24) is 0 Å². The molecular formula is C8H2F16O3S. The van der Waals surface area contributed by atoms with Crippen LogP contribution in [0, 0.1) is 0 Å². The summed E-state index contributed by atoms with van der Waals surface area (Å²) in [4.78, 5) is 0. The summed E-state index contributed by atoms with van der Waals surface area (Å²) in [7, 11) is -7.91. The van der Waals surface area contributed by atoms with E-state index in [1.165, 1.54) is 0 Å². The summed E-state index contributed by atoms with van der Waals surface area (Å²) in [6.07, 6.45) is -22.2. The molecule has 2 unspecified atom stereocenters. The predicted octanol–water partition coefficient (Wildman–Crippen LogP) is 4.54. The summed E-state index contributed by atoms with van der Waals surface area (Å²) in [5, 5.41) is -7.53. The topological polar surface area (TPSA) is 54.4 Å². The summed E-state index contributed by atoms with van der Waals surface area (Å²) in [6, 6.07) is 0. The van der Waals surface area contributed by atoms with E-state index in [4.69, 9.17) is 4.55 Å². The first kappa shape index (κ1) is 26.8. The zero-order valence-corrected chi connectivity index (χ0v) is 12.6. The van der Waals surface area contributed by atoms with Crippen LogP contribution in [0.4, 0.5) is 70.2 Å². The van der Waals surface area contributed by atoms with Crippen molar-refractivity contribution in [2.75, 3.05) is 0 Å². The van der Waals surface area contributed by atoms with Gasteiger partial charge in [-0.3, -0.25) is 4.55 Å². The highest BCUT2D eigenvalue weighted by Crippen LogP contribution is 2.60. The van der Waals surface area contributed by atoms with Gasteiger partial charge in [0.1, 0.15) is 0 Å².